The van der Waals surface area contributed by atoms with Gasteiger partial charge in [-0.25, -0.2) is 9.18 Å². The summed E-state index contributed by atoms with van der Waals surface area (Å²) in [6.45, 7) is 7.13. The SMILES string of the molecule is Cc1cc(N(C)C(=O)OC(C)(C)C)ccc1NC(=O)c1cc(NC(=O)[C@H]2[C@H](c3ccc(F)c(Cl)c3)C2(Cl)Cl)ccc1Cl. The highest BCUT2D eigenvalue weighted by atomic mass is 35.5. The summed E-state index contributed by atoms with van der Waals surface area (Å²) in [7, 11) is 1.60. The lowest BCUT2D eigenvalue weighted by Crippen LogP contribution is -2.34. The Morgan fingerprint density at radius 2 is 1.64 bits per heavy atom. The number of amides is 3. The second kappa shape index (κ2) is 11.9. The van der Waals surface area contributed by atoms with Crippen LogP contribution in [0, 0.1) is 18.7 Å². The number of hydrogen-bond acceptors (Lipinski definition) is 4. The molecule has 4 rings (SSSR count). The first kappa shape index (κ1) is 31.9. The Morgan fingerprint density at radius 1 is 0.952 bits per heavy atom. The van der Waals surface area contributed by atoms with Gasteiger partial charge in [-0.15, -0.1) is 23.2 Å². The highest BCUT2D eigenvalue weighted by Gasteiger charge is 2.67. The fraction of sp³-hybridized carbons (Fsp3) is 0.300. The largest absolute Gasteiger partial charge is 0.443 e. The number of ether oxygens (including phenoxy) is 1. The molecular weight excluding hydrogens is 627 g/mol. The first-order chi connectivity index (χ1) is 19.5. The molecule has 0 unspecified atom stereocenters. The van der Waals surface area contributed by atoms with E-state index in [1.807, 2.05) is 0 Å². The van der Waals surface area contributed by atoms with Crippen molar-refractivity contribution < 1.29 is 23.5 Å². The van der Waals surface area contributed by atoms with Gasteiger partial charge in [-0.1, -0.05) is 29.3 Å². The normalized spacial score (nSPS) is 17.3. The Morgan fingerprint density at radius 3 is 2.26 bits per heavy atom. The zero-order valence-corrected chi connectivity index (χ0v) is 26.3. The molecule has 3 amide bonds. The molecule has 3 aromatic rings. The average Bonchev–Trinajstić information content (AvgIpc) is 3.48. The lowest BCUT2D eigenvalue weighted by atomic mass is 10.1. The number of aryl methyl sites for hydroxylation is 1. The molecule has 1 fully saturated rings. The van der Waals surface area contributed by atoms with Crippen molar-refractivity contribution in [2.75, 3.05) is 22.6 Å². The van der Waals surface area contributed by atoms with E-state index in [2.05, 4.69) is 10.6 Å². The zero-order valence-electron chi connectivity index (χ0n) is 23.3. The van der Waals surface area contributed by atoms with Crippen LogP contribution in [-0.4, -0.2) is 34.9 Å². The van der Waals surface area contributed by atoms with Crippen LogP contribution in [0.1, 0.15) is 48.2 Å². The fourth-order valence-electron chi connectivity index (χ4n) is 4.39. The molecule has 0 bridgehead atoms. The number of hydrogen-bond donors (Lipinski definition) is 2. The molecule has 1 aliphatic carbocycles. The maximum absolute atomic E-state index is 13.6. The summed E-state index contributed by atoms with van der Waals surface area (Å²) in [6.07, 6.45) is -0.510. The Bertz CT molecular complexity index is 1570. The van der Waals surface area contributed by atoms with Crippen LogP contribution in [-0.2, 0) is 9.53 Å². The van der Waals surface area contributed by atoms with Crippen molar-refractivity contribution in [3.63, 3.8) is 0 Å². The maximum atomic E-state index is 13.6. The highest BCUT2D eigenvalue weighted by Crippen LogP contribution is 2.65. The molecule has 3 aromatic carbocycles. The van der Waals surface area contributed by atoms with Crippen molar-refractivity contribution in [2.24, 2.45) is 5.92 Å². The molecule has 2 atom stereocenters. The van der Waals surface area contributed by atoms with Gasteiger partial charge in [0.1, 0.15) is 15.8 Å². The minimum absolute atomic E-state index is 0.101. The van der Waals surface area contributed by atoms with Crippen LogP contribution < -0.4 is 15.5 Å². The van der Waals surface area contributed by atoms with E-state index in [1.54, 1.807) is 59.0 Å². The summed E-state index contributed by atoms with van der Waals surface area (Å²) in [5.41, 5.74) is 2.07. The molecule has 0 aliphatic heterocycles. The molecule has 0 spiro atoms. The van der Waals surface area contributed by atoms with E-state index in [1.165, 1.54) is 35.2 Å². The smallest absolute Gasteiger partial charge is 0.414 e. The van der Waals surface area contributed by atoms with Gasteiger partial charge < -0.3 is 15.4 Å². The van der Waals surface area contributed by atoms with Gasteiger partial charge in [0.05, 0.1) is 21.5 Å². The van der Waals surface area contributed by atoms with Gasteiger partial charge in [0.15, 0.2) is 0 Å². The van der Waals surface area contributed by atoms with Crippen molar-refractivity contribution >= 4 is 81.4 Å². The Kier molecular flexibility index (Phi) is 9.05. The Labute approximate surface area is 263 Å². The van der Waals surface area contributed by atoms with Gasteiger partial charge in [-0.3, -0.25) is 14.5 Å². The van der Waals surface area contributed by atoms with Gasteiger partial charge in [0, 0.05) is 30.0 Å². The summed E-state index contributed by atoms with van der Waals surface area (Å²) in [5, 5.41) is 5.60. The second-order valence-electron chi connectivity index (χ2n) is 11.0. The van der Waals surface area contributed by atoms with Crippen LogP contribution in [0.2, 0.25) is 10.0 Å². The predicted molar refractivity (Wildman–Crippen MR) is 166 cm³/mol. The van der Waals surface area contributed by atoms with E-state index in [0.29, 0.717) is 28.2 Å². The lowest BCUT2D eigenvalue weighted by molar-refractivity contribution is -0.117. The third kappa shape index (κ3) is 6.94. The first-order valence-corrected chi connectivity index (χ1v) is 14.3. The van der Waals surface area contributed by atoms with Crippen LogP contribution in [0.3, 0.4) is 0 Å². The predicted octanol–water partition coefficient (Wildman–Crippen LogP) is 8.59. The number of anilines is 3. The minimum atomic E-state index is -1.42. The molecule has 7 nitrogen and oxygen atoms in total. The molecule has 2 N–H and O–H groups in total. The number of rotatable bonds is 6. The standard InChI is InChI=1S/C30H28Cl4FN3O4/c1-15-12-18(38(5)28(41)42-29(2,3)4)8-11-23(15)37-26(39)19-14-17(7-9-20(19)31)36-27(40)25-24(30(25,33)34)16-6-10-22(35)21(32)13-16/h6-14,24-25H,1-5H3,(H,36,40)(H,37,39)/t24-,25+/m0/s1. The van der Waals surface area contributed by atoms with Crippen molar-refractivity contribution in [2.45, 2.75) is 43.5 Å². The van der Waals surface area contributed by atoms with E-state index in [0.717, 1.165) is 0 Å². The maximum Gasteiger partial charge on any atom is 0.414 e. The monoisotopic (exact) mass is 653 g/mol. The van der Waals surface area contributed by atoms with Crippen molar-refractivity contribution in [3.8, 4) is 0 Å². The zero-order chi connectivity index (χ0) is 31.1. The quantitative estimate of drug-likeness (QED) is 0.261. The fourth-order valence-corrected chi connectivity index (χ4v) is 5.61. The molecule has 0 radical (unpaired) electrons. The summed E-state index contributed by atoms with van der Waals surface area (Å²) < 4.78 is 17.6. The molecule has 0 heterocycles. The van der Waals surface area contributed by atoms with Gasteiger partial charge >= 0.3 is 6.09 Å². The Hall–Kier alpha value is -3.04. The van der Waals surface area contributed by atoms with Crippen LogP contribution in [0.4, 0.5) is 26.2 Å². The third-order valence-corrected chi connectivity index (χ3v) is 8.19. The average molecular weight is 655 g/mol. The number of halogens is 5. The van der Waals surface area contributed by atoms with E-state index in [-0.39, 0.29) is 15.6 Å². The van der Waals surface area contributed by atoms with Crippen LogP contribution in [0.25, 0.3) is 0 Å². The number of nitrogens with one attached hydrogen (secondary N) is 2. The Balaban J connectivity index is 1.46. The topological polar surface area (TPSA) is 87.7 Å². The number of carbonyl (C=O) groups is 3. The molecule has 0 aromatic heterocycles. The summed E-state index contributed by atoms with van der Waals surface area (Å²) in [4.78, 5) is 40.0. The molecule has 0 saturated heterocycles. The number of nitrogens with zero attached hydrogens (tertiary/aromatic N) is 1. The third-order valence-electron chi connectivity index (χ3n) is 6.63. The van der Waals surface area contributed by atoms with Crippen molar-refractivity contribution in [1.29, 1.82) is 0 Å². The van der Waals surface area contributed by atoms with Crippen LogP contribution in [0.5, 0.6) is 0 Å². The van der Waals surface area contributed by atoms with Gasteiger partial charge in [-0.2, -0.15) is 0 Å². The highest BCUT2D eigenvalue weighted by molar-refractivity contribution is 6.53. The number of alkyl halides is 2. The summed E-state index contributed by atoms with van der Waals surface area (Å²) in [5.74, 6) is -3.03. The molecule has 42 heavy (non-hydrogen) atoms. The van der Waals surface area contributed by atoms with Crippen LogP contribution in [0.15, 0.2) is 54.6 Å². The minimum Gasteiger partial charge on any atom is -0.443 e. The van der Waals surface area contributed by atoms with Gasteiger partial charge in [0.2, 0.25) is 5.91 Å². The van der Waals surface area contributed by atoms with Gasteiger partial charge in [0.25, 0.3) is 5.91 Å². The molecule has 1 saturated carbocycles. The number of benzene rings is 3. The lowest BCUT2D eigenvalue weighted by Gasteiger charge is -2.25. The molecule has 12 heteroatoms. The molecular formula is C30H28Cl4FN3O4. The first-order valence-electron chi connectivity index (χ1n) is 12.8. The van der Waals surface area contributed by atoms with Crippen molar-refractivity contribution in [3.05, 3.63) is 87.2 Å². The molecule has 1 aliphatic rings. The van der Waals surface area contributed by atoms with E-state index in [4.69, 9.17) is 51.1 Å². The van der Waals surface area contributed by atoms with Gasteiger partial charge in [-0.05, 0) is 87.4 Å². The summed E-state index contributed by atoms with van der Waals surface area (Å²) >= 11 is 25.0. The van der Waals surface area contributed by atoms with Crippen molar-refractivity contribution in [1.82, 2.24) is 0 Å². The second-order valence-corrected chi connectivity index (χ2v) is 13.2. The van der Waals surface area contributed by atoms with E-state index >= 15 is 0 Å². The molecule has 222 valence electrons. The van der Waals surface area contributed by atoms with E-state index < -0.39 is 45.5 Å². The number of carbonyl (C=O) groups excluding carboxylic acids is 3. The van der Waals surface area contributed by atoms with Crippen LogP contribution >= 0.6 is 46.4 Å². The van der Waals surface area contributed by atoms with E-state index in [9.17, 15) is 18.8 Å². The summed E-state index contributed by atoms with van der Waals surface area (Å²) in [6, 6.07) is 13.6.